The fourth-order valence-electron chi connectivity index (χ4n) is 1.48. The van der Waals surface area contributed by atoms with Crippen molar-refractivity contribution in [1.82, 2.24) is 0 Å². The Hall–Kier alpha value is -1.23. The first-order valence-corrected chi connectivity index (χ1v) is 5.82. The summed E-state index contributed by atoms with van der Waals surface area (Å²) in [6, 6.07) is 2.17. The minimum absolute atomic E-state index is 0.0454. The maximum Gasteiger partial charge on any atom is 0.191 e. The third-order valence-electron chi connectivity index (χ3n) is 2.30. The van der Waals surface area contributed by atoms with E-state index in [2.05, 4.69) is 12.2 Å². The standard InChI is InChI=1S/C12H15F2NOS/c1-3-4-7(2)16-11-9(13)5-8(12(15)17)6-10(11)14/h5-7H,3-4H2,1-2H3,(H2,15,17). The van der Waals surface area contributed by atoms with E-state index in [-0.39, 0.29) is 22.4 Å². The zero-order valence-electron chi connectivity index (χ0n) is 9.80. The summed E-state index contributed by atoms with van der Waals surface area (Å²) in [5, 5.41) is 0. The van der Waals surface area contributed by atoms with Gasteiger partial charge in [-0.25, -0.2) is 8.78 Å². The molecule has 1 aromatic carbocycles. The molecule has 94 valence electrons. The van der Waals surface area contributed by atoms with Gasteiger partial charge in [0.2, 0.25) is 0 Å². The quantitative estimate of drug-likeness (QED) is 0.825. The van der Waals surface area contributed by atoms with E-state index in [0.29, 0.717) is 0 Å². The van der Waals surface area contributed by atoms with E-state index >= 15 is 0 Å². The third kappa shape index (κ3) is 3.63. The van der Waals surface area contributed by atoms with Crippen molar-refractivity contribution < 1.29 is 13.5 Å². The van der Waals surface area contributed by atoms with E-state index in [1.165, 1.54) is 0 Å². The highest BCUT2D eigenvalue weighted by Crippen LogP contribution is 2.25. The summed E-state index contributed by atoms with van der Waals surface area (Å²) in [7, 11) is 0. The molecule has 1 unspecified atom stereocenters. The van der Waals surface area contributed by atoms with Gasteiger partial charge in [-0.15, -0.1) is 0 Å². The van der Waals surface area contributed by atoms with Gasteiger partial charge in [0.1, 0.15) is 4.99 Å². The van der Waals surface area contributed by atoms with Gasteiger partial charge in [0.15, 0.2) is 17.4 Å². The monoisotopic (exact) mass is 259 g/mol. The van der Waals surface area contributed by atoms with E-state index in [1.807, 2.05) is 6.92 Å². The largest absolute Gasteiger partial charge is 0.485 e. The molecular formula is C12H15F2NOS. The first kappa shape index (κ1) is 13.8. The predicted molar refractivity (Wildman–Crippen MR) is 67.2 cm³/mol. The molecule has 0 aromatic heterocycles. The van der Waals surface area contributed by atoms with E-state index in [1.54, 1.807) is 6.92 Å². The van der Waals surface area contributed by atoms with E-state index in [9.17, 15) is 8.78 Å². The van der Waals surface area contributed by atoms with Crippen LogP contribution in [0.1, 0.15) is 32.3 Å². The third-order valence-corrected chi connectivity index (χ3v) is 2.53. The Morgan fingerprint density at radius 1 is 1.41 bits per heavy atom. The molecule has 0 saturated carbocycles. The Labute approximate surface area is 105 Å². The van der Waals surface area contributed by atoms with Gasteiger partial charge in [0, 0.05) is 5.56 Å². The van der Waals surface area contributed by atoms with Gasteiger partial charge in [-0.3, -0.25) is 0 Å². The number of hydrogen-bond acceptors (Lipinski definition) is 2. The van der Waals surface area contributed by atoms with Crippen molar-refractivity contribution >= 4 is 17.2 Å². The van der Waals surface area contributed by atoms with E-state index in [0.717, 1.165) is 25.0 Å². The Morgan fingerprint density at radius 2 is 1.94 bits per heavy atom. The van der Waals surface area contributed by atoms with Crippen molar-refractivity contribution in [2.24, 2.45) is 5.73 Å². The highest BCUT2D eigenvalue weighted by atomic mass is 32.1. The van der Waals surface area contributed by atoms with Crippen molar-refractivity contribution in [2.75, 3.05) is 0 Å². The minimum atomic E-state index is -0.782. The summed E-state index contributed by atoms with van der Waals surface area (Å²) in [4.78, 5) is -0.0454. The van der Waals surface area contributed by atoms with Gasteiger partial charge < -0.3 is 10.5 Å². The molecule has 0 amide bonds. The molecule has 1 atom stereocenters. The zero-order valence-corrected chi connectivity index (χ0v) is 10.6. The molecule has 2 nitrogen and oxygen atoms in total. The van der Waals surface area contributed by atoms with Gasteiger partial charge in [-0.05, 0) is 25.5 Å². The average molecular weight is 259 g/mol. The highest BCUT2D eigenvalue weighted by Gasteiger charge is 2.16. The van der Waals surface area contributed by atoms with Crippen LogP contribution in [-0.2, 0) is 0 Å². The molecule has 0 bridgehead atoms. The van der Waals surface area contributed by atoms with Crippen molar-refractivity contribution in [2.45, 2.75) is 32.8 Å². The second-order valence-corrected chi connectivity index (χ2v) is 4.29. The normalized spacial score (nSPS) is 12.2. The Balaban J connectivity index is 2.97. The molecule has 0 fully saturated rings. The number of rotatable bonds is 5. The number of hydrogen-bond donors (Lipinski definition) is 1. The number of thiocarbonyl (C=S) groups is 1. The Kier molecular flexibility index (Phi) is 4.81. The highest BCUT2D eigenvalue weighted by molar-refractivity contribution is 7.80. The van der Waals surface area contributed by atoms with Crippen LogP contribution in [-0.4, -0.2) is 11.1 Å². The van der Waals surface area contributed by atoms with Gasteiger partial charge in [0.25, 0.3) is 0 Å². The summed E-state index contributed by atoms with van der Waals surface area (Å²) in [6.07, 6.45) is 1.38. The Bertz CT molecular complexity index is 400. The topological polar surface area (TPSA) is 35.2 Å². The van der Waals surface area contributed by atoms with Crippen LogP contribution in [0.3, 0.4) is 0 Å². The molecule has 0 saturated heterocycles. The van der Waals surface area contributed by atoms with Gasteiger partial charge in [0.05, 0.1) is 6.10 Å². The van der Waals surface area contributed by atoms with Gasteiger partial charge in [-0.2, -0.15) is 0 Å². The average Bonchev–Trinajstić information content (AvgIpc) is 2.23. The number of ether oxygens (including phenoxy) is 1. The number of benzene rings is 1. The van der Waals surface area contributed by atoms with E-state index < -0.39 is 11.6 Å². The van der Waals surface area contributed by atoms with Crippen molar-refractivity contribution in [3.63, 3.8) is 0 Å². The van der Waals surface area contributed by atoms with Crippen LogP contribution >= 0.6 is 12.2 Å². The molecule has 0 spiro atoms. The lowest BCUT2D eigenvalue weighted by Gasteiger charge is -2.15. The van der Waals surface area contributed by atoms with E-state index in [4.69, 9.17) is 10.5 Å². The summed E-state index contributed by atoms with van der Waals surface area (Å²) in [5.74, 6) is -1.93. The van der Waals surface area contributed by atoms with Crippen LogP contribution in [0.25, 0.3) is 0 Å². The summed E-state index contributed by atoms with van der Waals surface area (Å²) in [6.45, 7) is 3.74. The van der Waals surface area contributed by atoms with Crippen LogP contribution in [0.5, 0.6) is 5.75 Å². The fourth-order valence-corrected chi connectivity index (χ4v) is 1.60. The van der Waals surface area contributed by atoms with Crippen molar-refractivity contribution in [3.8, 4) is 5.75 Å². The van der Waals surface area contributed by atoms with Crippen molar-refractivity contribution in [3.05, 3.63) is 29.3 Å². The smallest absolute Gasteiger partial charge is 0.191 e. The lowest BCUT2D eigenvalue weighted by Crippen LogP contribution is -2.15. The summed E-state index contributed by atoms with van der Waals surface area (Å²) in [5.41, 5.74) is 5.47. The molecule has 0 aliphatic carbocycles. The first-order valence-electron chi connectivity index (χ1n) is 5.41. The van der Waals surface area contributed by atoms with Gasteiger partial charge >= 0.3 is 0 Å². The number of nitrogens with two attached hydrogens (primary N) is 1. The van der Waals surface area contributed by atoms with Crippen LogP contribution in [0.4, 0.5) is 8.78 Å². The molecule has 17 heavy (non-hydrogen) atoms. The van der Waals surface area contributed by atoms with Crippen LogP contribution in [0.2, 0.25) is 0 Å². The Morgan fingerprint density at radius 3 is 2.35 bits per heavy atom. The van der Waals surface area contributed by atoms with Crippen LogP contribution < -0.4 is 10.5 Å². The first-order chi connectivity index (χ1) is 7.95. The molecule has 1 rings (SSSR count). The van der Waals surface area contributed by atoms with Crippen molar-refractivity contribution in [1.29, 1.82) is 0 Å². The molecule has 0 heterocycles. The van der Waals surface area contributed by atoms with Crippen LogP contribution in [0, 0.1) is 11.6 Å². The second-order valence-electron chi connectivity index (χ2n) is 3.85. The molecule has 1 aromatic rings. The fraction of sp³-hybridized carbons (Fsp3) is 0.417. The maximum absolute atomic E-state index is 13.6. The lowest BCUT2D eigenvalue weighted by molar-refractivity contribution is 0.191. The maximum atomic E-state index is 13.6. The molecule has 2 N–H and O–H groups in total. The molecule has 0 radical (unpaired) electrons. The molecule has 0 aliphatic heterocycles. The molecular weight excluding hydrogens is 244 g/mol. The molecule has 0 aliphatic rings. The second kappa shape index (κ2) is 5.91. The number of halogens is 2. The van der Waals surface area contributed by atoms with Crippen LogP contribution in [0.15, 0.2) is 12.1 Å². The molecule has 5 heteroatoms. The minimum Gasteiger partial charge on any atom is -0.485 e. The lowest BCUT2D eigenvalue weighted by atomic mass is 10.2. The SMILES string of the molecule is CCCC(C)Oc1c(F)cc(C(N)=S)cc1F. The zero-order chi connectivity index (χ0) is 13.0. The van der Waals surface area contributed by atoms with Gasteiger partial charge in [-0.1, -0.05) is 25.6 Å². The predicted octanol–water partition coefficient (Wildman–Crippen LogP) is 3.17. The summed E-state index contributed by atoms with van der Waals surface area (Å²) >= 11 is 4.66. The summed E-state index contributed by atoms with van der Waals surface area (Å²) < 4.78 is 32.4.